The number of amides is 1. The lowest BCUT2D eigenvalue weighted by molar-refractivity contribution is -0.120. The number of hydrogen-bond donors (Lipinski definition) is 2. The maximum atomic E-state index is 12.9. The van der Waals surface area contributed by atoms with Gasteiger partial charge in [0.05, 0.1) is 6.04 Å². The number of anilines is 1. The Kier molecular flexibility index (Phi) is 3.63. The van der Waals surface area contributed by atoms with Crippen molar-refractivity contribution in [2.45, 2.75) is 37.1 Å². The topological polar surface area (TPSA) is 44.4 Å². The molecule has 0 unspecified atom stereocenters. The average molecular weight is 320 g/mol. The molecule has 1 atom stereocenters. The van der Waals surface area contributed by atoms with Gasteiger partial charge in [0.25, 0.3) is 0 Å². The summed E-state index contributed by atoms with van der Waals surface area (Å²) >= 11 is 6.25. The van der Waals surface area contributed by atoms with Crippen LogP contribution in [0.1, 0.15) is 31.2 Å². The van der Waals surface area contributed by atoms with E-state index in [-0.39, 0.29) is 17.4 Å². The second kappa shape index (κ2) is 5.52. The van der Waals surface area contributed by atoms with Crippen LogP contribution < -0.4 is 15.5 Å². The second-order valence-electron chi connectivity index (χ2n) is 6.77. The number of piperidine rings is 1. The SMILES string of the molecule is O=C([C@H]1CCCN1)N1CC2(CCNCC2)c2cc(Cl)ccc21. The van der Waals surface area contributed by atoms with Crippen LogP contribution in [0.3, 0.4) is 0 Å². The Labute approximate surface area is 136 Å². The Morgan fingerprint density at radius 1 is 1.27 bits per heavy atom. The van der Waals surface area contributed by atoms with Gasteiger partial charge < -0.3 is 15.5 Å². The first kappa shape index (κ1) is 14.5. The number of carbonyl (C=O) groups is 1. The molecule has 5 heteroatoms. The molecule has 1 aromatic rings. The summed E-state index contributed by atoms with van der Waals surface area (Å²) in [4.78, 5) is 14.9. The molecule has 22 heavy (non-hydrogen) atoms. The van der Waals surface area contributed by atoms with Crippen molar-refractivity contribution in [3.63, 3.8) is 0 Å². The van der Waals surface area contributed by atoms with Gasteiger partial charge in [-0.25, -0.2) is 0 Å². The van der Waals surface area contributed by atoms with Crippen molar-refractivity contribution < 1.29 is 4.79 Å². The molecule has 0 aliphatic carbocycles. The fraction of sp³-hybridized carbons (Fsp3) is 0.588. The molecule has 2 N–H and O–H groups in total. The summed E-state index contributed by atoms with van der Waals surface area (Å²) in [5.41, 5.74) is 2.43. The number of fused-ring (bicyclic) bond motifs is 2. The van der Waals surface area contributed by atoms with Crippen molar-refractivity contribution in [1.29, 1.82) is 0 Å². The fourth-order valence-electron chi connectivity index (χ4n) is 4.25. The van der Waals surface area contributed by atoms with Gasteiger partial charge in [-0.2, -0.15) is 0 Å². The van der Waals surface area contributed by atoms with Gasteiger partial charge in [-0.15, -0.1) is 0 Å². The van der Waals surface area contributed by atoms with Crippen LogP contribution in [-0.4, -0.2) is 38.1 Å². The minimum Gasteiger partial charge on any atom is -0.317 e. The summed E-state index contributed by atoms with van der Waals surface area (Å²) in [6, 6.07) is 6.00. The van der Waals surface area contributed by atoms with Gasteiger partial charge in [-0.05, 0) is 69.1 Å². The van der Waals surface area contributed by atoms with Gasteiger partial charge in [-0.3, -0.25) is 4.79 Å². The zero-order valence-electron chi connectivity index (χ0n) is 12.7. The van der Waals surface area contributed by atoms with Gasteiger partial charge in [-0.1, -0.05) is 11.6 Å². The minimum absolute atomic E-state index is 0.0135. The van der Waals surface area contributed by atoms with Crippen LogP contribution in [0.25, 0.3) is 0 Å². The number of halogens is 1. The molecule has 2 saturated heterocycles. The molecular formula is C17H22ClN3O. The Morgan fingerprint density at radius 3 is 2.82 bits per heavy atom. The Bertz CT molecular complexity index is 592. The molecule has 3 aliphatic rings. The van der Waals surface area contributed by atoms with E-state index in [9.17, 15) is 4.79 Å². The quantitative estimate of drug-likeness (QED) is 0.833. The van der Waals surface area contributed by atoms with Gasteiger partial charge in [0.15, 0.2) is 0 Å². The lowest BCUT2D eigenvalue weighted by atomic mass is 9.75. The molecule has 1 aromatic carbocycles. The van der Waals surface area contributed by atoms with E-state index in [1.165, 1.54) is 5.56 Å². The molecule has 0 saturated carbocycles. The number of carbonyl (C=O) groups excluding carboxylic acids is 1. The minimum atomic E-state index is -0.0135. The maximum Gasteiger partial charge on any atom is 0.244 e. The third-order valence-electron chi connectivity index (χ3n) is 5.47. The van der Waals surface area contributed by atoms with E-state index >= 15 is 0 Å². The summed E-state index contributed by atoms with van der Waals surface area (Å²) < 4.78 is 0. The molecular weight excluding hydrogens is 298 g/mol. The molecule has 4 nitrogen and oxygen atoms in total. The number of nitrogens with zero attached hydrogens (tertiary/aromatic N) is 1. The normalized spacial score (nSPS) is 26.4. The van der Waals surface area contributed by atoms with E-state index in [1.54, 1.807) is 0 Å². The van der Waals surface area contributed by atoms with Gasteiger partial charge in [0.2, 0.25) is 5.91 Å². The first-order valence-corrected chi connectivity index (χ1v) is 8.63. The standard InChI is InChI=1S/C17H22ClN3O/c18-12-3-4-15-13(10-12)17(5-8-19-9-6-17)11-21(15)16(22)14-2-1-7-20-14/h3-4,10,14,19-20H,1-2,5-9,11H2/t14-/m1/s1. The summed E-state index contributed by atoms with van der Waals surface area (Å²) in [5, 5.41) is 7.54. The molecule has 3 aliphatic heterocycles. The molecule has 3 heterocycles. The Hall–Kier alpha value is -1.10. The van der Waals surface area contributed by atoms with E-state index in [0.29, 0.717) is 0 Å². The van der Waals surface area contributed by atoms with Crippen LogP contribution in [0, 0.1) is 0 Å². The first-order valence-electron chi connectivity index (χ1n) is 8.25. The Morgan fingerprint density at radius 2 is 2.09 bits per heavy atom. The van der Waals surface area contributed by atoms with Gasteiger partial charge in [0.1, 0.15) is 0 Å². The summed E-state index contributed by atoms with van der Waals surface area (Å²) in [6.45, 7) is 3.78. The highest BCUT2D eigenvalue weighted by molar-refractivity contribution is 6.30. The zero-order valence-corrected chi connectivity index (χ0v) is 13.5. The lowest BCUT2D eigenvalue weighted by Crippen LogP contribution is -2.48. The van der Waals surface area contributed by atoms with E-state index in [1.807, 2.05) is 17.0 Å². The van der Waals surface area contributed by atoms with Crippen molar-refractivity contribution in [3.8, 4) is 0 Å². The number of benzene rings is 1. The van der Waals surface area contributed by atoms with E-state index in [4.69, 9.17) is 11.6 Å². The van der Waals surface area contributed by atoms with E-state index in [2.05, 4.69) is 16.7 Å². The van der Waals surface area contributed by atoms with Crippen molar-refractivity contribution in [2.75, 3.05) is 31.1 Å². The van der Waals surface area contributed by atoms with Crippen molar-refractivity contribution in [3.05, 3.63) is 28.8 Å². The highest BCUT2D eigenvalue weighted by atomic mass is 35.5. The van der Waals surface area contributed by atoms with Crippen molar-refractivity contribution in [2.24, 2.45) is 0 Å². The summed E-state index contributed by atoms with van der Waals surface area (Å²) in [7, 11) is 0. The third-order valence-corrected chi connectivity index (χ3v) is 5.70. The van der Waals surface area contributed by atoms with Crippen LogP contribution in [0.4, 0.5) is 5.69 Å². The van der Waals surface area contributed by atoms with Gasteiger partial charge in [0, 0.05) is 22.7 Å². The van der Waals surface area contributed by atoms with Crippen LogP contribution in [-0.2, 0) is 10.2 Å². The zero-order chi connectivity index (χ0) is 15.2. The molecule has 2 fully saturated rings. The lowest BCUT2D eigenvalue weighted by Gasteiger charge is -2.35. The largest absolute Gasteiger partial charge is 0.317 e. The van der Waals surface area contributed by atoms with Crippen LogP contribution in [0.2, 0.25) is 5.02 Å². The molecule has 1 amide bonds. The van der Waals surface area contributed by atoms with Crippen molar-refractivity contribution >= 4 is 23.2 Å². The molecule has 118 valence electrons. The highest BCUT2D eigenvalue weighted by Gasteiger charge is 2.46. The molecule has 0 radical (unpaired) electrons. The molecule has 0 bridgehead atoms. The second-order valence-corrected chi connectivity index (χ2v) is 7.20. The summed E-state index contributed by atoms with van der Waals surface area (Å²) in [6.07, 6.45) is 4.18. The third kappa shape index (κ3) is 2.25. The Balaban J connectivity index is 1.71. The first-order chi connectivity index (χ1) is 10.7. The summed E-state index contributed by atoms with van der Waals surface area (Å²) in [5.74, 6) is 0.233. The van der Waals surface area contributed by atoms with Crippen LogP contribution in [0.5, 0.6) is 0 Å². The van der Waals surface area contributed by atoms with Crippen LogP contribution >= 0.6 is 11.6 Å². The fourth-order valence-corrected chi connectivity index (χ4v) is 4.43. The van der Waals surface area contributed by atoms with Crippen LogP contribution in [0.15, 0.2) is 18.2 Å². The van der Waals surface area contributed by atoms with Gasteiger partial charge >= 0.3 is 0 Å². The smallest absolute Gasteiger partial charge is 0.244 e. The monoisotopic (exact) mass is 319 g/mol. The van der Waals surface area contributed by atoms with Crippen molar-refractivity contribution in [1.82, 2.24) is 10.6 Å². The predicted molar refractivity (Wildman–Crippen MR) is 88.6 cm³/mol. The van der Waals surface area contributed by atoms with E-state index in [0.717, 1.165) is 62.6 Å². The molecule has 0 aromatic heterocycles. The van der Waals surface area contributed by atoms with E-state index < -0.39 is 0 Å². The number of rotatable bonds is 1. The molecule has 1 spiro atoms. The number of nitrogens with one attached hydrogen (secondary N) is 2. The maximum absolute atomic E-state index is 12.9. The molecule has 4 rings (SSSR count). The number of hydrogen-bond acceptors (Lipinski definition) is 3. The average Bonchev–Trinajstić information content (AvgIpc) is 3.16. The predicted octanol–water partition coefficient (Wildman–Crippen LogP) is 2.06. The highest BCUT2D eigenvalue weighted by Crippen LogP contribution is 2.47.